The van der Waals surface area contributed by atoms with Gasteiger partial charge in [-0.3, -0.25) is 0 Å². The minimum absolute atomic E-state index is 0.0371. The molecule has 0 atom stereocenters. The molecule has 0 saturated carbocycles. The van der Waals surface area contributed by atoms with E-state index >= 15 is 0 Å². The van der Waals surface area contributed by atoms with Crippen LogP contribution in [-0.4, -0.2) is 44.6 Å². The van der Waals surface area contributed by atoms with Crippen LogP contribution in [0.2, 0.25) is 0 Å². The van der Waals surface area contributed by atoms with Crippen LogP contribution >= 0.6 is 0 Å². The second-order valence-corrected chi connectivity index (χ2v) is 6.54. The standard InChI is InChI=1S/C10H17N3O4S/c1-18(15,16)8-9(11)17-12-10(8)13-4-2-7(6-14)3-5-13/h7,14H,2-6,11H2,1H3. The number of sulfone groups is 1. The molecule has 2 rings (SSSR count). The lowest BCUT2D eigenvalue weighted by Crippen LogP contribution is -2.35. The SMILES string of the molecule is CS(=O)(=O)c1c(N2CCC(CO)CC2)noc1N. The molecular weight excluding hydrogens is 258 g/mol. The van der Waals surface area contributed by atoms with Crippen molar-refractivity contribution in [3.63, 3.8) is 0 Å². The molecule has 2 heterocycles. The number of anilines is 2. The van der Waals surface area contributed by atoms with Gasteiger partial charge in [-0.15, -0.1) is 0 Å². The Labute approximate surface area is 105 Å². The van der Waals surface area contributed by atoms with Gasteiger partial charge in [-0.05, 0) is 18.8 Å². The molecule has 1 aliphatic heterocycles. The first-order valence-corrected chi connectivity index (χ1v) is 7.63. The molecule has 1 aromatic heterocycles. The average Bonchev–Trinajstić information content (AvgIpc) is 2.71. The number of piperidine rings is 1. The molecule has 102 valence electrons. The van der Waals surface area contributed by atoms with Gasteiger partial charge in [0.1, 0.15) is 0 Å². The van der Waals surface area contributed by atoms with Crippen molar-refractivity contribution in [2.45, 2.75) is 17.7 Å². The van der Waals surface area contributed by atoms with Gasteiger partial charge in [-0.1, -0.05) is 5.16 Å². The third-order valence-electron chi connectivity index (χ3n) is 3.20. The van der Waals surface area contributed by atoms with E-state index in [1.54, 1.807) is 0 Å². The van der Waals surface area contributed by atoms with E-state index in [9.17, 15) is 8.42 Å². The maximum atomic E-state index is 11.7. The van der Waals surface area contributed by atoms with Crippen LogP contribution < -0.4 is 10.6 Å². The largest absolute Gasteiger partial charge is 0.396 e. The van der Waals surface area contributed by atoms with E-state index in [0.717, 1.165) is 19.1 Å². The van der Waals surface area contributed by atoms with Crippen LogP contribution in [0.3, 0.4) is 0 Å². The quantitative estimate of drug-likeness (QED) is 0.790. The van der Waals surface area contributed by atoms with Gasteiger partial charge in [0.05, 0.1) is 0 Å². The summed E-state index contributed by atoms with van der Waals surface area (Å²) in [7, 11) is -3.46. The zero-order valence-corrected chi connectivity index (χ0v) is 11.0. The lowest BCUT2D eigenvalue weighted by atomic mass is 9.98. The fourth-order valence-corrected chi connectivity index (χ4v) is 3.06. The van der Waals surface area contributed by atoms with Crippen molar-refractivity contribution in [2.24, 2.45) is 5.92 Å². The van der Waals surface area contributed by atoms with Crippen molar-refractivity contribution in [3.8, 4) is 0 Å². The number of nitrogens with two attached hydrogens (primary N) is 1. The average molecular weight is 275 g/mol. The van der Waals surface area contributed by atoms with Crippen LogP contribution in [0.25, 0.3) is 0 Å². The Balaban J connectivity index is 2.25. The predicted molar refractivity (Wildman–Crippen MR) is 66.0 cm³/mol. The van der Waals surface area contributed by atoms with Crippen LogP contribution in [0.1, 0.15) is 12.8 Å². The lowest BCUT2D eigenvalue weighted by Gasteiger charge is -2.31. The van der Waals surface area contributed by atoms with Gasteiger partial charge in [-0.2, -0.15) is 0 Å². The maximum absolute atomic E-state index is 11.7. The molecule has 1 fully saturated rings. The number of aliphatic hydroxyl groups is 1. The van der Waals surface area contributed by atoms with Crippen LogP contribution in [0.5, 0.6) is 0 Å². The molecule has 7 nitrogen and oxygen atoms in total. The van der Waals surface area contributed by atoms with E-state index in [2.05, 4.69) is 5.16 Å². The Morgan fingerprint density at radius 1 is 1.50 bits per heavy atom. The monoisotopic (exact) mass is 275 g/mol. The molecule has 0 amide bonds. The summed E-state index contributed by atoms with van der Waals surface area (Å²) < 4.78 is 28.1. The summed E-state index contributed by atoms with van der Waals surface area (Å²) >= 11 is 0. The molecule has 18 heavy (non-hydrogen) atoms. The highest BCUT2D eigenvalue weighted by Crippen LogP contribution is 2.32. The molecule has 0 unspecified atom stereocenters. The summed E-state index contributed by atoms with van der Waals surface area (Å²) in [5.41, 5.74) is 5.51. The molecule has 0 spiro atoms. The van der Waals surface area contributed by atoms with Crippen LogP contribution in [-0.2, 0) is 9.84 Å². The highest BCUT2D eigenvalue weighted by atomic mass is 32.2. The minimum Gasteiger partial charge on any atom is -0.396 e. The molecule has 1 aromatic rings. The van der Waals surface area contributed by atoms with Gasteiger partial charge < -0.3 is 20.3 Å². The van der Waals surface area contributed by atoms with Gasteiger partial charge in [0.2, 0.25) is 5.88 Å². The number of nitrogens with zero attached hydrogens (tertiary/aromatic N) is 2. The Morgan fingerprint density at radius 3 is 2.61 bits per heavy atom. The second-order valence-electron chi connectivity index (χ2n) is 4.58. The van der Waals surface area contributed by atoms with E-state index < -0.39 is 9.84 Å². The lowest BCUT2D eigenvalue weighted by molar-refractivity contribution is 0.202. The van der Waals surface area contributed by atoms with Gasteiger partial charge in [0.15, 0.2) is 20.6 Å². The van der Waals surface area contributed by atoms with Gasteiger partial charge in [0.25, 0.3) is 0 Å². The molecule has 3 N–H and O–H groups in total. The Bertz CT molecular complexity index is 517. The van der Waals surface area contributed by atoms with E-state index in [0.29, 0.717) is 13.1 Å². The summed E-state index contributed by atoms with van der Waals surface area (Å²) in [5, 5.41) is 12.8. The zero-order chi connectivity index (χ0) is 13.3. The molecule has 1 aliphatic rings. The molecule has 1 saturated heterocycles. The van der Waals surface area contributed by atoms with E-state index in [1.165, 1.54) is 0 Å². The summed E-state index contributed by atoms with van der Waals surface area (Å²) in [6.45, 7) is 1.44. The number of nitrogen functional groups attached to an aromatic ring is 1. The first-order valence-electron chi connectivity index (χ1n) is 5.74. The number of hydrogen-bond acceptors (Lipinski definition) is 7. The van der Waals surface area contributed by atoms with Crippen molar-refractivity contribution < 1.29 is 18.0 Å². The van der Waals surface area contributed by atoms with E-state index in [1.807, 2.05) is 4.90 Å². The van der Waals surface area contributed by atoms with Gasteiger partial charge in [0, 0.05) is 26.0 Å². The van der Waals surface area contributed by atoms with E-state index in [-0.39, 0.29) is 29.1 Å². The second kappa shape index (κ2) is 4.77. The summed E-state index contributed by atoms with van der Waals surface area (Å²) in [5.74, 6) is 0.385. The molecule has 0 bridgehead atoms. The third-order valence-corrected chi connectivity index (χ3v) is 4.33. The summed E-state index contributed by atoms with van der Waals surface area (Å²) in [4.78, 5) is 1.80. The predicted octanol–water partition coefficient (Wildman–Crippen LogP) is -0.131. The van der Waals surface area contributed by atoms with Crippen molar-refractivity contribution in [3.05, 3.63) is 0 Å². The Kier molecular flexibility index (Phi) is 3.49. The highest BCUT2D eigenvalue weighted by Gasteiger charge is 2.29. The normalized spacial score (nSPS) is 18.2. The van der Waals surface area contributed by atoms with Crippen molar-refractivity contribution >= 4 is 21.5 Å². The van der Waals surface area contributed by atoms with Crippen LogP contribution in [0.4, 0.5) is 11.7 Å². The fourth-order valence-electron chi connectivity index (χ4n) is 2.16. The maximum Gasteiger partial charge on any atom is 0.243 e. The van der Waals surface area contributed by atoms with Crippen molar-refractivity contribution in [1.82, 2.24) is 5.16 Å². The van der Waals surface area contributed by atoms with Crippen LogP contribution in [0.15, 0.2) is 9.42 Å². The fraction of sp³-hybridized carbons (Fsp3) is 0.700. The topological polar surface area (TPSA) is 110 Å². The number of hydrogen-bond donors (Lipinski definition) is 2. The zero-order valence-electron chi connectivity index (χ0n) is 10.2. The summed E-state index contributed by atoms with van der Waals surface area (Å²) in [6, 6.07) is 0. The van der Waals surface area contributed by atoms with Crippen molar-refractivity contribution in [1.29, 1.82) is 0 Å². The molecule has 0 aliphatic carbocycles. The number of aromatic nitrogens is 1. The Morgan fingerprint density at radius 2 is 2.11 bits per heavy atom. The molecule has 8 heteroatoms. The summed E-state index contributed by atoms with van der Waals surface area (Å²) in [6.07, 6.45) is 2.68. The molecule has 0 radical (unpaired) electrons. The Hall–Kier alpha value is -1.28. The van der Waals surface area contributed by atoms with Gasteiger partial charge >= 0.3 is 0 Å². The first-order chi connectivity index (χ1) is 8.43. The number of aliphatic hydroxyl groups excluding tert-OH is 1. The van der Waals surface area contributed by atoms with Gasteiger partial charge in [-0.25, -0.2) is 8.42 Å². The third kappa shape index (κ3) is 2.44. The minimum atomic E-state index is -3.46. The number of rotatable bonds is 3. The molecule has 0 aromatic carbocycles. The molecular formula is C10H17N3O4S. The smallest absolute Gasteiger partial charge is 0.243 e. The van der Waals surface area contributed by atoms with E-state index in [4.69, 9.17) is 15.4 Å². The first kappa shape index (κ1) is 13.2. The highest BCUT2D eigenvalue weighted by molar-refractivity contribution is 7.91. The van der Waals surface area contributed by atoms with Crippen LogP contribution in [0, 0.1) is 5.92 Å². The van der Waals surface area contributed by atoms with Crippen molar-refractivity contribution in [2.75, 3.05) is 36.6 Å².